The zero-order valence-corrected chi connectivity index (χ0v) is 12.2. The van der Waals surface area contributed by atoms with E-state index in [1.54, 1.807) is 19.2 Å². The number of aliphatic hydroxyl groups excluding tert-OH is 1. The van der Waals surface area contributed by atoms with Crippen molar-refractivity contribution < 1.29 is 9.90 Å². The van der Waals surface area contributed by atoms with E-state index >= 15 is 0 Å². The van der Waals surface area contributed by atoms with E-state index in [1.807, 2.05) is 0 Å². The molecule has 1 atom stereocenters. The molecule has 0 aliphatic rings. The summed E-state index contributed by atoms with van der Waals surface area (Å²) in [6.07, 6.45) is 0.649. The highest BCUT2D eigenvalue weighted by Gasteiger charge is 2.13. The highest BCUT2D eigenvalue weighted by molar-refractivity contribution is 7.16. The Bertz CT molecular complexity index is 680. The van der Waals surface area contributed by atoms with E-state index in [1.165, 1.54) is 34.2 Å². The van der Waals surface area contributed by atoms with Gasteiger partial charge in [-0.3, -0.25) is 9.59 Å². The first kappa shape index (κ1) is 14.8. The summed E-state index contributed by atoms with van der Waals surface area (Å²) in [5, 5.41) is 12.5. The lowest BCUT2D eigenvalue weighted by Crippen LogP contribution is -2.29. The van der Waals surface area contributed by atoms with Crippen LogP contribution >= 0.6 is 22.9 Å². The number of halogens is 1. The molecule has 0 fully saturated rings. The zero-order valence-electron chi connectivity index (χ0n) is 10.7. The molecule has 1 amide bonds. The van der Waals surface area contributed by atoms with Gasteiger partial charge in [-0.15, -0.1) is 11.3 Å². The smallest absolute Gasteiger partial charge is 0.252 e. The maximum Gasteiger partial charge on any atom is 0.252 e. The van der Waals surface area contributed by atoms with Crippen LogP contribution < -0.4 is 10.9 Å². The molecule has 7 heteroatoms. The van der Waals surface area contributed by atoms with Gasteiger partial charge in [0.05, 0.1) is 9.90 Å². The summed E-state index contributed by atoms with van der Waals surface area (Å²) in [5.74, 6) is -0.345. The number of carbonyl (C=O) groups is 1. The second-order valence-corrected chi connectivity index (χ2v) is 5.98. The van der Waals surface area contributed by atoms with E-state index in [2.05, 4.69) is 5.32 Å². The Morgan fingerprint density at radius 1 is 1.45 bits per heavy atom. The number of hydrogen-bond acceptors (Lipinski definition) is 4. The quantitative estimate of drug-likeness (QED) is 0.900. The molecule has 0 radical (unpaired) electrons. The Labute approximate surface area is 124 Å². The summed E-state index contributed by atoms with van der Waals surface area (Å²) in [4.78, 5) is 23.8. The van der Waals surface area contributed by atoms with Gasteiger partial charge in [-0.1, -0.05) is 11.6 Å². The fourth-order valence-corrected chi connectivity index (χ4v) is 2.67. The number of carbonyl (C=O) groups excluding carboxylic acids is 1. The van der Waals surface area contributed by atoms with Crippen molar-refractivity contribution in [3.05, 3.63) is 55.6 Å². The van der Waals surface area contributed by atoms with Gasteiger partial charge in [0.1, 0.15) is 6.10 Å². The summed E-state index contributed by atoms with van der Waals surface area (Å²) in [5.41, 5.74) is 0.179. The van der Waals surface area contributed by atoms with Gasteiger partial charge in [0, 0.05) is 30.7 Å². The molecule has 20 heavy (non-hydrogen) atoms. The van der Waals surface area contributed by atoms with Gasteiger partial charge in [0.2, 0.25) is 5.56 Å². The number of aliphatic hydroxyl groups is 1. The van der Waals surface area contributed by atoms with E-state index in [9.17, 15) is 14.7 Å². The summed E-state index contributed by atoms with van der Waals surface area (Å²) < 4.78 is 1.91. The molecule has 106 valence electrons. The first-order valence-corrected chi connectivity index (χ1v) is 7.05. The molecule has 2 N–H and O–H groups in total. The Kier molecular flexibility index (Phi) is 4.59. The summed E-state index contributed by atoms with van der Waals surface area (Å²) in [7, 11) is 1.57. The lowest BCUT2D eigenvalue weighted by molar-refractivity contribution is 0.0917. The molecule has 2 heterocycles. The van der Waals surface area contributed by atoms with Gasteiger partial charge in [-0.25, -0.2) is 0 Å². The van der Waals surface area contributed by atoms with Crippen molar-refractivity contribution in [1.82, 2.24) is 9.88 Å². The molecule has 0 aromatic carbocycles. The molecule has 2 aromatic heterocycles. The van der Waals surface area contributed by atoms with Crippen LogP contribution in [0.25, 0.3) is 0 Å². The third-order valence-electron chi connectivity index (χ3n) is 2.73. The molecular formula is C13H13ClN2O3S. The molecule has 0 saturated heterocycles. The Morgan fingerprint density at radius 3 is 2.80 bits per heavy atom. The number of thiophene rings is 1. The average Bonchev–Trinajstić information content (AvgIpc) is 2.85. The number of nitrogens with one attached hydrogen (secondary N) is 1. The molecular weight excluding hydrogens is 300 g/mol. The van der Waals surface area contributed by atoms with Crippen molar-refractivity contribution in [2.24, 2.45) is 7.05 Å². The first-order valence-electron chi connectivity index (χ1n) is 5.85. The standard InChI is InChI=1S/C13H13ClN2O3S/c1-16-7-8(2-5-12(16)18)13(19)15-6-9(17)10-3-4-11(14)20-10/h2-5,7,9,17H,6H2,1H3,(H,15,19). The second-order valence-electron chi connectivity index (χ2n) is 4.23. The third-order valence-corrected chi connectivity index (χ3v) is 4.06. The van der Waals surface area contributed by atoms with Crippen LogP contribution in [-0.2, 0) is 7.05 Å². The molecule has 0 aliphatic carbocycles. The maximum atomic E-state index is 11.9. The normalized spacial score (nSPS) is 12.2. The van der Waals surface area contributed by atoms with Crippen LogP contribution in [0.15, 0.2) is 35.3 Å². The summed E-state index contributed by atoms with van der Waals surface area (Å²) >= 11 is 7.05. The Morgan fingerprint density at radius 2 is 2.20 bits per heavy atom. The number of nitrogens with zero attached hydrogens (tertiary/aromatic N) is 1. The van der Waals surface area contributed by atoms with E-state index in [-0.39, 0.29) is 18.0 Å². The number of amides is 1. The highest BCUT2D eigenvalue weighted by atomic mass is 35.5. The van der Waals surface area contributed by atoms with E-state index in [0.29, 0.717) is 14.8 Å². The van der Waals surface area contributed by atoms with Crippen LogP contribution in [0.2, 0.25) is 4.34 Å². The maximum absolute atomic E-state index is 11.9. The van der Waals surface area contributed by atoms with Crippen molar-refractivity contribution in [3.63, 3.8) is 0 Å². The minimum absolute atomic E-state index is 0.0819. The SMILES string of the molecule is Cn1cc(C(=O)NCC(O)c2ccc(Cl)s2)ccc1=O. The van der Waals surface area contributed by atoms with Crippen LogP contribution in [0.1, 0.15) is 21.3 Å². The largest absolute Gasteiger partial charge is 0.386 e. The van der Waals surface area contributed by atoms with Crippen molar-refractivity contribution in [1.29, 1.82) is 0 Å². The van der Waals surface area contributed by atoms with Gasteiger partial charge < -0.3 is 15.0 Å². The zero-order chi connectivity index (χ0) is 14.7. The van der Waals surface area contributed by atoms with Crippen LogP contribution in [0, 0.1) is 0 Å². The Balaban J connectivity index is 1.98. The van der Waals surface area contributed by atoms with Crippen molar-refractivity contribution in [2.75, 3.05) is 6.54 Å². The van der Waals surface area contributed by atoms with Crippen LogP contribution in [0.4, 0.5) is 0 Å². The van der Waals surface area contributed by atoms with Gasteiger partial charge in [-0.05, 0) is 18.2 Å². The fourth-order valence-electron chi connectivity index (χ4n) is 1.63. The predicted octanol–water partition coefficient (Wildman–Crippen LogP) is 1.56. The van der Waals surface area contributed by atoms with Crippen molar-refractivity contribution >= 4 is 28.8 Å². The molecule has 1 unspecified atom stereocenters. The molecule has 2 aromatic rings. The number of aromatic nitrogens is 1. The highest BCUT2D eigenvalue weighted by Crippen LogP contribution is 2.26. The Hall–Kier alpha value is -1.63. The summed E-state index contributed by atoms with van der Waals surface area (Å²) in [6.45, 7) is 0.0819. The number of aryl methyl sites for hydroxylation is 1. The van der Waals surface area contributed by atoms with Gasteiger partial charge >= 0.3 is 0 Å². The molecule has 0 saturated carbocycles. The number of hydrogen-bond donors (Lipinski definition) is 2. The predicted molar refractivity (Wildman–Crippen MR) is 78.3 cm³/mol. The molecule has 5 nitrogen and oxygen atoms in total. The van der Waals surface area contributed by atoms with Gasteiger partial charge in [0.25, 0.3) is 5.91 Å². The first-order chi connectivity index (χ1) is 9.47. The fraction of sp³-hybridized carbons (Fsp3) is 0.231. The molecule has 0 aliphatic heterocycles. The van der Waals surface area contributed by atoms with E-state index in [4.69, 9.17) is 11.6 Å². The lowest BCUT2D eigenvalue weighted by atomic mass is 10.2. The monoisotopic (exact) mass is 312 g/mol. The minimum Gasteiger partial charge on any atom is -0.386 e. The van der Waals surface area contributed by atoms with Crippen molar-refractivity contribution in [2.45, 2.75) is 6.10 Å². The minimum atomic E-state index is -0.802. The second kappa shape index (κ2) is 6.21. The lowest BCUT2D eigenvalue weighted by Gasteiger charge is -2.10. The third kappa shape index (κ3) is 3.47. The molecule has 2 rings (SSSR count). The number of pyridine rings is 1. The van der Waals surface area contributed by atoms with Crippen molar-refractivity contribution in [3.8, 4) is 0 Å². The van der Waals surface area contributed by atoms with E-state index in [0.717, 1.165) is 0 Å². The topological polar surface area (TPSA) is 71.3 Å². The van der Waals surface area contributed by atoms with Gasteiger partial charge in [0.15, 0.2) is 0 Å². The summed E-state index contributed by atoms with van der Waals surface area (Å²) in [6, 6.07) is 6.19. The van der Waals surface area contributed by atoms with Crippen LogP contribution in [0.3, 0.4) is 0 Å². The average molecular weight is 313 g/mol. The molecule has 0 spiro atoms. The van der Waals surface area contributed by atoms with E-state index < -0.39 is 6.10 Å². The number of rotatable bonds is 4. The van der Waals surface area contributed by atoms with Gasteiger partial charge in [-0.2, -0.15) is 0 Å². The van der Waals surface area contributed by atoms with Crippen LogP contribution in [0.5, 0.6) is 0 Å². The van der Waals surface area contributed by atoms with Crippen LogP contribution in [-0.4, -0.2) is 22.1 Å². The molecule has 0 bridgehead atoms.